The van der Waals surface area contributed by atoms with Gasteiger partial charge in [-0.15, -0.1) is 0 Å². The van der Waals surface area contributed by atoms with Gasteiger partial charge in [0.1, 0.15) is 0 Å². The molecule has 0 saturated carbocycles. The summed E-state index contributed by atoms with van der Waals surface area (Å²) < 4.78 is 44.7. The Morgan fingerprint density at radius 1 is 1.07 bits per heavy atom. The summed E-state index contributed by atoms with van der Waals surface area (Å²) >= 11 is 0. The molecule has 0 aromatic heterocycles. The molecular formula is C19H13F3N2O3. The van der Waals surface area contributed by atoms with Gasteiger partial charge in [0, 0.05) is 0 Å². The van der Waals surface area contributed by atoms with Crippen LogP contribution in [0.1, 0.15) is 15.9 Å². The number of halogens is 3. The first-order chi connectivity index (χ1) is 12.8. The van der Waals surface area contributed by atoms with Crippen LogP contribution < -0.4 is 5.01 Å². The lowest BCUT2D eigenvalue weighted by atomic mass is 10.0. The summed E-state index contributed by atoms with van der Waals surface area (Å²) in [6.45, 7) is 0. The summed E-state index contributed by atoms with van der Waals surface area (Å²) in [5.74, 6) is -1.45. The molecule has 0 unspecified atom stereocenters. The van der Waals surface area contributed by atoms with E-state index in [4.69, 9.17) is 0 Å². The number of hydrogen-bond acceptors (Lipinski definition) is 4. The first-order valence-corrected chi connectivity index (χ1v) is 7.77. The summed E-state index contributed by atoms with van der Waals surface area (Å²) in [7, 11) is 1.22. The van der Waals surface area contributed by atoms with Crippen LogP contribution in [-0.4, -0.2) is 30.9 Å². The predicted octanol–water partition coefficient (Wildman–Crippen LogP) is 3.82. The maximum Gasteiger partial charge on any atom is 0.435 e. The normalized spacial score (nSPS) is 15.9. The van der Waals surface area contributed by atoms with E-state index in [2.05, 4.69) is 9.84 Å². The molecule has 1 aliphatic heterocycles. The van der Waals surface area contributed by atoms with E-state index in [1.54, 1.807) is 18.2 Å². The quantitative estimate of drug-likeness (QED) is 0.606. The van der Waals surface area contributed by atoms with Crippen molar-refractivity contribution in [1.29, 1.82) is 0 Å². The summed E-state index contributed by atoms with van der Waals surface area (Å²) in [4.78, 5) is 24.0. The number of rotatable bonds is 3. The molecule has 0 aliphatic carbocycles. The number of hydrogen-bond donors (Lipinski definition) is 0. The number of para-hydroxylation sites is 1. The zero-order chi connectivity index (χ0) is 19.6. The number of amides is 1. The van der Waals surface area contributed by atoms with Crippen molar-refractivity contribution in [3.05, 3.63) is 71.3 Å². The van der Waals surface area contributed by atoms with Crippen molar-refractivity contribution in [1.82, 2.24) is 0 Å². The molecule has 2 aromatic rings. The summed E-state index contributed by atoms with van der Waals surface area (Å²) in [5, 5.41) is 4.20. The van der Waals surface area contributed by atoms with Crippen LogP contribution in [0.2, 0.25) is 0 Å². The van der Waals surface area contributed by atoms with Crippen LogP contribution in [0.15, 0.2) is 65.3 Å². The topological polar surface area (TPSA) is 59.0 Å². The third-order valence-corrected chi connectivity index (χ3v) is 3.79. The van der Waals surface area contributed by atoms with Gasteiger partial charge in [-0.3, -0.25) is 4.79 Å². The number of anilines is 1. The van der Waals surface area contributed by atoms with Gasteiger partial charge in [-0.2, -0.15) is 23.3 Å². The zero-order valence-electron chi connectivity index (χ0n) is 14.0. The molecule has 0 atom stereocenters. The summed E-state index contributed by atoms with van der Waals surface area (Å²) in [6, 6.07) is 13.5. The molecule has 0 saturated heterocycles. The number of carbonyl (C=O) groups is 2. The average molecular weight is 374 g/mol. The molecule has 0 radical (unpaired) electrons. The number of methoxy groups -OCH3 is 1. The number of esters is 1. The van der Waals surface area contributed by atoms with Crippen LogP contribution in [-0.2, 0) is 9.53 Å². The standard InChI is InChI=1S/C19H13F3N2O3/c1-27-18(26)13-9-7-12(8-10-13)11-15-16(19(20,21)22)23-24(17(15)25)14-5-3-2-4-6-14/h2-11H,1H3/b15-11-. The Labute approximate surface area is 152 Å². The van der Waals surface area contributed by atoms with Gasteiger partial charge in [-0.1, -0.05) is 30.3 Å². The van der Waals surface area contributed by atoms with E-state index < -0.39 is 29.3 Å². The van der Waals surface area contributed by atoms with Crippen molar-refractivity contribution in [2.24, 2.45) is 5.10 Å². The first-order valence-electron chi connectivity index (χ1n) is 7.77. The molecule has 1 heterocycles. The average Bonchev–Trinajstić information content (AvgIpc) is 2.99. The van der Waals surface area contributed by atoms with Gasteiger partial charge < -0.3 is 4.74 Å². The molecule has 0 spiro atoms. The molecule has 2 aromatic carbocycles. The number of ether oxygens (including phenoxy) is 1. The van der Waals surface area contributed by atoms with E-state index in [0.717, 1.165) is 11.1 Å². The lowest BCUT2D eigenvalue weighted by Gasteiger charge is -2.10. The minimum atomic E-state index is -4.79. The third-order valence-electron chi connectivity index (χ3n) is 3.79. The van der Waals surface area contributed by atoms with E-state index in [0.29, 0.717) is 5.56 Å². The Bertz CT molecular complexity index is 933. The SMILES string of the molecule is COC(=O)c1ccc(/C=C2\C(=O)N(c3ccccc3)N=C2C(F)(F)F)cc1. The van der Waals surface area contributed by atoms with Crippen LogP contribution in [0.5, 0.6) is 0 Å². The molecule has 0 N–H and O–H groups in total. The van der Waals surface area contributed by atoms with Gasteiger partial charge in [0.15, 0.2) is 5.71 Å². The molecule has 138 valence electrons. The third kappa shape index (κ3) is 3.74. The second kappa shape index (κ2) is 7.06. The molecule has 1 aliphatic rings. The highest BCUT2D eigenvalue weighted by atomic mass is 19.4. The van der Waals surface area contributed by atoms with Crippen LogP contribution in [0.25, 0.3) is 6.08 Å². The van der Waals surface area contributed by atoms with Gasteiger partial charge >= 0.3 is 12.1 Å². The second-order valence-electron chi connectivity index (χ2n) is 5.57. The van der Waals surface area contributed by atoms with Gasteiger partial charge in [0.05, 0.1) is 23.9 Å². The lowest BCUT2D eigenvalue weighted by Crippen LogP contribution is -2.25. The Hall–Kier alpha value is -3.42. The molecule has 0 bridgehead atoms. The van der Waals surface area contributed by atoms with Crippen LogP contribution in [0.4, 0.5) is 18.9 Å². The molecule has 27 heavy (non-hydrogen) atoms. The fourth-order valence-electron chi connectivity index (χ4n) is 2.50. The van der Waals surface area contributed by atoms with E-state index in [-0.39, 0.29) is 11.3 Å². The highest BCUT2D eigenvalue weighted by Gasteiger charge is 2.46. The lowest BCUT2D eigenvalue weighted by molar-refractivity contribution is -0.114. The smallest absolute Gasteiger partial charge is 0.435 e. The Kier molecular flexibility index (Phi) is 4.81. The van der Waals surface area contributed by atoms with Crippen molar-refractivity contribution in [2.45, 2.75) is 6.18 Å². The van der Waals surface area contributed by atoms with Crippen molar-refractivity contribution >= 4 is 29.4 Å². The second-order valence-corrected chi connectivity index (χ2v) is 5.57. The number of nitrogens with zero attached hydrogens (tertiary/aromatic N) is 2. The van der Waals surface area contributed by atoms with Crippen LogP contribution >= 0.6 is 0 Å². The van der Waals surface area contributed by atoms with Gasteiger partial charge in [-0.25, -0.2) is 4.79 Å². The van der Waals surface area contributed by atoms with E-state index >= 15 is 0 Å². The van der Waals surface area contributed by atoms with Gasteiger partial charge in [0.2, 0.25) is 0 Å². The monoisotopic (exact) mass is 374 g/mol. The number of benzene rings is 2. The van der Waals surface area contributed by atoms with Crippen LogP contribution in [0, 0.1) is 0 Å². The minimum Gasteiger partial charge on any atom is -0.465 e. The number of alkyl halides is 3. The fourth-order valence-corrected chi connectivity index (χ4v) is 2.50. The maximum atomic E-state index is 13.4. The molecule has 8 heteroatoms. The largest absolute Gasteiger partial charge is 0.465 e. The summed E-state index contributed by atoms with van der Waals surface area (Å²) in [5.41, 5.74) is -1.05. The molecule has 3 rings (SSSR count). The van der Waals surface area contributed by atoms with Crippen molar-refractivity contribution in [3.8, 4) is 0 Å². The molecule has 5 nitrogen and oxygen atoms in total. The Morgan fingerprint density at radius 2 is 1.70 bits per heavy atom. The fraction of sp³-hybridized carbons (Fsp3) is 0.105. The highest BCUT2D eigenvalue weighted by Crippen LogP contribution is 2.32. The molecule has 1 amide bonds. The van der Waals surface area contributed by atoms with E-state index in [9.17, 15) is 22.8 Å². The van der Waals surface area contributed by atoms with Crippen molar-refractivity contribution in [3.63, 3.8) is 0 Å². The zero-order valence-corrected chi connectivity index (χ0v) is 14.0. The van der Waals surface area contributed by atoms with Gasteiger partial charge in [-0.05, 0) is 35.9 Å². The summed E-state index contributed by atoms with van der Waals surface area (Å²) in [6.07, 6.45) is -3.70. The van der Waals surface area contributed by atoms with E-state index in [1.807, 2.05) is 0 Å². The number of hydrazone groups is 1. The molecule has 0 fully saturated rings. The molecular weight excluding hydrogens is 361 g/mol. The van der Waals surface area contributed by atoms with Gasteiger partial charge in [0.25, 0.3) is 5.91 Å². The predicted molar refractivity (Wildman–Crippen MR) is 93.2 cm³/mol. The first kappa shape index (κ1) is 18.4. The van der Waals surface area contributed by atoms with Crippen molar-refractivity contribution < 1.29 is 27.5 Å². The Balaban J connectivity index is 2.00. The number of carbonyl (C=O) groups excluding carboxylic acids is 2. The van der Waals surface area contributed by atoms with Crippen LogP contribution in [0.3, 0.4) is 0 Å². The maximum absolute atomic E-state index is 13.4. The highest BCUT2D eigenvalue weighted by molar-refractivity contribution is 6.34. The van der Waals surface area contributed by atoms with E-state index in [1.165, 1.54) is 43.5 Å². The van der Waals surface area contributed by atoms with Crippen molar-refractivity contribution in [2.75, 3.05) is 12.1 Å². The minimum absolute atomic E-state index is 0.230. The Morgan fingerprint density at radius 3 is 2.26 bits per heavy atom.